The number of hydrogen-bond acceptors (Lipinski definition) is 2. The van der Waals surface area contributed by atoms with Crippen LogP contribution in [-0.2, 0) is 4.87 Å². The molecular weight excluding hydrogens is 252 g/mol. The first-order valence-corrected chi connectivity index (χ1v) is 6.70. The van der Waals surface area contributed by atoms with Crippen LogP contribution in [0.1, 0.15) is 41.7 Å². The van der Waals surface area contributed by atoms with Crippen molar-refractivity contribution in [1.29, 1.82) is 0 Å². The van der Waals surface area contributed by atoms with Gasteiger partial charge in [0.05, 0.1) is 4.87 Å². The zero-order valence-electron chi connectivity index (χ0n) is 10.0. The minimum atomic E-state index is -0.394. The first-order chi connectivity index (χ1) is 8.60. The summed E-state index contributed by atoms with van der Waals surface area (Å²) in [5, 5.41) is 0. The van der Waals surface area contributed by atoms with Crippen molar-refractivity contribution in [3.05, 3.63) is 33.7 Å². The maximum atomic E-state index is 12.1. The number of rotatable bonds is 2. The average Bonchev–Trinajstić information content (AvgIpc) is 2.92. The molecule has 2 aliphatic rings. The van der Waals surface area contributed by atoms with E-state index in [-0.39, 0.29) is 17.0 Å². The number of likely N-dealkylation sites (tertiary alicyclic amines) is 1. The van der Waals surface area contributed by atoms with Crippen LogP contribution in [0, 0.1) is 0 Å². The Kier molecular flexibility index (Phi) is 2.70. The summed E-state index contributed by atoms with van der Waals surface area (Å²) in [6, 6.07) is 3.38. The monoisotopic (exact) mass is 266 g/mol. The van der Waals surface area contributed by atoms with Gasteiger partial charge in [-0.3, -0.25) is 9.59 Å². The summed E-state index contributed by atoms with van der Waals surface area (Å²) in [6.45, 7) is 1.50. The third kappa shape index (κ3) is 1.94. The number of nitrogens with one attached hydrogen (secondary N) is 1. The molecule has 0 spiro atoms. The number of aromatic nitrogens is 1. The molecule has 1 aromatic rings. The molecule has 1 aliphatic carbocycles. The third-order valence-corrected chi connectivity index (χ3v) is 4.29. The highest BCUT2D eigenvalue weighted by molar-refractivity contribution is 6.25. The van der Waals surface area contributed by atoms with Crippen LogP contribution in [0.15, 0.2) is 16.9 Å². The van der Waals surface area contributed by atoms with Gasteiger partial charge in [0.15, 0.2) is 0 Å². The van der Waals surface area contributed by atoms with E-state index in [0.717, 1.165) is 44.5 Å². The minimum Gasteiger partial charge on any atom is -0.338 e. The maximum absolute atomic E-state index is 12.1. The van der Waals surface area contributed by atoms with Gasteiger partial charge in [0.2, 0.25) is 0 Å². The van der Waals surface area contributed by atoms with Gasteiger partial charge < -0.3 is 9.88 Å². The van der Waals surface area contributed by atoms with Gasteiger partial charge in [0.25, 0.3) is 11.5 Å². The fourth-order valence-electron chi connectivity index (χ4n) is 2.37. The number of carbonyl (C=O) groups is 1. The van der Waals surface area contributed by atoms with Gasteiger partial charge in [-0.1, -0.05) is 0 Å². The van der Waals surface area contributed by atoms with Crippen molar-refractivity contribution in [2.75, 3.05) is 13.1 Å². The third-order valence-electron chi connectivity index (χ3n) is 3.70. The van der Waals surface area contributed by atoms with E-state index in [9.17, 15) is 9.59 Å². The van der Waals surface area contributed by atoms with Crippen molar-refractivity contribution in [2.24, 2.45) is 0 Å². The van der Waals surface area contributed by atoms with E-state index < -0.39 is 4.87 Å². The Labute approximate surface area is 110 Å². The van der Waals surface area contributed by atoms with Crippen molar-refractivity contribution < 1.29 is 4.79 Å². The Bertz CT molecular complexity index is 542. The van der Waals surface area contributed by atoms with E-state index in [0.29, 0.717) is 0 Å². The molecule has 1 aliphatic heterocycles. The van der Waals surface area contributed by atoms with Crippen LogP contribution < -0.4 is 5.56 Å². The van der Waals surface area contributed by atoms with Crippen molar-refractivity contribution in [3.8, 4) is 0 Å². The van der Waals surface area contributed by atoms with E-state index >= 15 is 0 Å². The van der Waals surface area contributed by atoms with E-state index in [4.69, 9.17) is 11.6 Å². The Morgan fingerprint density at radius 2 is 1.94 bits per heavy atom. The molecule has 0 bridgehead atoms. The molecule has 1 aromatic heterocycles. The highest BCUT2D eigenvalue weighted by atomic mass is 35.5. The Hall–Kier alpha value is -1.29. The van der Waals surface area contributed by atoms with E-state index in [1.54, 1.807) is 17.0 Å². The van der Waals surface area contributed by atoms with Crippen molar-refractivity contribution in [2.45, 2.75) is 30.6 Å². The lowest BCUT2D eigenvalue weighted by Crippen LogP contribution is -2.32. The van der Waals surface area contributed by atoms with E-state index in [2.05, 4.69) is 4.98 Å². The Morgan fingerprint density at radius 3 is 2.50 bits per heavy atom. The quantitative estimate of drug-likeness (QED) is 0.831. The second-order valence-corrected chi connectivity index (χ2v) is 5.80. The highest BCUT2D eigenvalue weighted by Crippen LogP contribution is 2.50. The standard InChI is InChI=1S/C13H15ClN2O2/c14-13(5-6-13)10-4-3-9(11(17)15-10)12(18)16-7-1-2-8-16/h3-4H,1-2,5-8H2,(H,15,17). The van der Waals surface area contributed by atoms with Crippen molar-refractivity contribution in [1.82, 2.24) is 9.88 Å². The van der Waals surface area contributed by atoms with Gasteiger partial charge in [-0.05, 0) is 37.8 Å². The van der Waals surface area contributed by atoms with Gasteiger partial charge in [-0.2, -0.15) is 0 Å². The molecular formula is C13H15ClN2O2. The van der Waals surface area contributed by atoms with Crippen LogP contribution in [0.4, 0.5) is 0 Å². The molecule has 0 unspecified atom stereocenters. The molecule has 1 saturated carbocycles. The normalized spacial score (nSPS) is 21.1. The molecule has 1 saturated heterocycles. The topological polar surface area (TPSA) is 53.2 Å². The molecule has 4 nitrogen and oxygen atoms in total. The summed E-state index contributed by atoms with van der Waals surface area (Å²) in [5.74, 6) is -0.167. The number of carbonyl (C=O) groups excluding carboxylic acids is 1. The van der Waals surface area contributed by atoms with Crippen molar-refractivity contribution in [3.63, 3.8) is 0 Å². The second-order valence-electron chi connectivity index (χ2n) is 5.08. The molecule has 5 heteroatoms. The van der Waals surface area contributed by atoms with Crippen LogP contribution in [0.2, 0.25) is 0 Å². The lowest BCUT2D eigenvalue weighted by molar-refractivity contribution is 0.0791. The maximum Gasteiger partial charge on any atom is 0.261 e. The molecule has 18 heavy (non-hydrogen) atoms. The first-order valence-electron chi connectivity index (χ1n) is 6.32. The van der Waals surface area contributed by atoms with Crippen LogP contribution in [0.25, 0.3) is 0 Å². The van der Waals surface area contributed by atoms with Crippen LogP contribution >= 0.6 is 11.6 Å². The van der Waals surface area contributed by atoms with Gasteiger partial charge >= 0.3 is 0 Å². The van der Waals surface area contributed by atoms with Crippen LogP contribution in [0.5, 0.6) is 0 Å². The number of halogens is 1. The van der Waals surface area contributed by atoms with E-state index in [1.165, 1.54) is 0 Å². The summed E-state index contributed by atoms with van der Waals surface area (Å²) >= 11 is 6.24. The number of H-pyrrole nitrogens is 1. The fraction of sp³-hybridized carbons (Fsp3) is 0.538. The van der Waals surface area contributed by atoms with E-state index in [1.807, 2.05) is 0 Å². The molecule has 0 atom stereocenters. The summed E-state index contributed by atoms with van der Waals surface area (Å²) in [4.78, 5) is 28.2. The fourth-order valence-corrected chi connectivity index (χ4v) is 2.58. The largest absolute Gasteiger partial charge is 0.338 e. The minimum absolute atomic E-state index is 0.167. The molecule has 1 amide bonds. The van der Waals surface area contributed by atoms with Crippen LogP contribution in [0.3, 0.4) is 0 Å². The first kappa shape index (κ1) is 11.8. The summed E-state index contributed by atoms with van der Waals surface area (Å²) < 4.78 is 0. The number of nitrogens with zero attached hydrogens (tertiary/aromatic N) is 1. The van der Waals surface area contributed by atoms with Gasteiger partial charge in [-0.25, -0.2) is 0 Å². The molecule has 96 valence electrons. The molecule has 0 radical (unpaired) electrons. The Balaban J connectivity index is 1.89. The van der Waals surface area contributed by atoms with Gasteiger partial charge in [0, 0.05) is 18.8 Å². The molecule has 1 N–H and O–H groups in total. The zero-order chi connectivity index (χ0) is 12.8. The summed E-state index contributed by atoms with van der Waals surface area (Å²) in [6.07, 6.45) is 3.80. The molecule has 0 aromatic carbocycles. The highest BCUT2D eigenvalue weighted by Gasteiger charge is 2.43. The summed E-state index contributed by atoms with van der Waals surface area (Å²) in [5.41, 5.74) is 0.630. The smallest absolute Gasteiger partial charge is 0.261 e. The number of aromatic amines is 1. The predicted molar refractivity (Wildman–Crippen MR) is 69.0 cm³/mol. The molecule has 3 rings (SSSR count). The zero-order valence-corrected chi connectivity index (χ0v) is 10.8. The molecule has 2 heterocycles. The number of hydrogen-bond donors (Lipinski definition) is 1. The SMILES string of the molecule is O=C(c1ccc(C2(Cl)CC2)[nH]c1=O)N1CCCC1. The summed E-state index contributed by atoms with van der Waals surface area (Å²) in [7, 11) is 0. The number of pyridine rings is 1. The number of amides is 1. The van der Waals surface area contributed by atoms with Gasteiger partial charge in [0.1, 0.15) is 5.56 Å². The lowest BCUT2D eigenvalue weighted by Gasteiger charge is -2.15. The average molecular weight is 267 g/mol. The number of alkyl halides is 1. The lowest BCUT2D eigenvalue weighted by atomic mass is 10.2. The van der Waals surface area contributed by atoms with Crippen molar-refractivity contribution >= 4 is 17.5 Å². The van der Waals surface area contributed by atoms with Gasteiger partial charge in [-0.15, -0.1) is 11.6 Å². The van der Waals surface area contributed by atoms with Crippen LogP contribution in [-0.4, -0.2) is 28.9 Å². The Morgan fingerprint density at radius 1 is 1.28 bits per heavy atom. The molecule has 2 fully saturated rings. The predicted octanol–water partition coefficient (Wildman–Crippen LogP) is 1.84. The second kappa shape index (κ2) is 4.12.